The zero-order valence-electron chi connectivity index (χ0n) is 16.0. The number of carbonyl (C=O) groups is 2. The van der Waals surface area contributed by atoms with Crippen molar-refractivity contribution in [2.45, 2.75) is 25.3 Å². The Labute approximate surface area is 167 Å². The lowest BCUT2D eigenvalue weighted by Crippen LogP contribution is -2.65. The molecule has 0 spiro atoms. The van der Waals surface area contributed by atoms with Gasteiger partial charge in [0.2, 0.25) is 0 Å². The summed E-state index contributed by atoms with van der Waals surface area (Å²) in [5, 5.41) is 11.9. The number of carbonyl (C=O) groups excluding carboxylic acids is 2. The number of rotatable bonds is 4. The molecule has 1 fully saturated rings. The second-order valence-electron chi connectivity index (χ2n) is 6.88. The average Bonchev–Trinajstić information content (AvgIpc) is 2.73. The van der Waals surface area contributed by atoms with Crippen LogP contribution in [0.5, 0.6) is 0 Å². The monoisotopic (exact) mass is 395 g/mol. The van der Waals surface area contributed by atoms with E-state index in [1.165, 1.54) is 7.05 Å². The second-order valence-corrected chi connectivity index (χ2v) is 6.88. The molecule has 0 aliphatic carbocycles. The first kappa shape index (κ1) is 20.2. The molecule has 1 atom stereocenters. The Balaban J connectivity index is 2.02. The zero-order chi connectivity index (χ0) is 21.2. The number of amides is 2. The van der Waals surface area contributed by atoms with Crippen LogP contribution < -0.4 is 5.32 Å². The number of nitrogens with zero attached hydrogens (tertiary/aromatic N) is 2. The fraction of sp³-hybridized carbons (Fsp3) is 0.227. The van der Waals surface area contributed by atoms with Crippen LogP contribution in [0.3, 0.4) is 0 Å². The van der Waals surface area contributed by atoms with Crippen molar-refractivity contribution in [3.05, 3.63) is 76.5 Å². The molecule has 3 rings (SSSR count). The van der Waals surface area contributed by atoms with Gasteiger partial charge in [-0.3, -0.25) is 9.59 Å². The van der Waals surface area contributed by atoms with Crippen molar-refractivity contribution >= 4 is 17.9 Å². The molecule has 1 saturated heterocycles. The van der Waals surface area contributed by atoms with Crippen LogP contribution in [0, 0.1) is 23.0 Å². The predicted molar refractivity (Wildman–Crippen MR) is 103 cm³/mol. The zero-order valence-corrected chi connectivity index (χ0v) is 16.0. The molecule has 148 valence electrons. The van der Waals surface area contributed by atoms with Gasteiger partial charge in [-0.2, -0.15) is 5.26 Å². The van der Waals surface area contributed by atoms with Crippen molar-refractivity contribution < 1.29 is 18.4 Å². The third kappa shape index (κ3) is 3.61. The van der Waals surface area contributed by atoms with E-state index in [0.29, 0.717) is 12.8 Å². The van der Waals surface area contributed by atoms with Crippen LogP contribution in [0.25, 0.3) is 6.08 Å². The maximum atomic E-state index is 14.3. The summed E-state index contributed by atoms with van der Waals surface area (Å²) in [5.41, 5.74) is -0.936. The summed E-state index contributed by atoms with van der Waals surface area (Å²) >= 11 is 0. The molecule has 1 heterocycles. The molecular formula is C22H19F2N3O2. The van der Waals surface area contributed by atoms with Gasteiger partial charge >= 0.3 is 0 Å². The highest BCUT2D eigenvalue weighted by molar-refractivity contribution is 6.09. The highest BCUT2D eigenvalue weighted by Gasteiger charge is 2.46. The highest BCUT2D eigenvalue weighted by Crippen LogP contribution is 2.29. The van der Waals surface area contributed by atoms with Crippen LogP contribution in [-0.2, 0) is 16.0 Å². The maximum absolute atomic E-state index is 14.3. The van der Waals surface area contributed by atoms with Gasteiger partial charge in [-0.1, -0.05) is 37.3 Å². The number of nitriles is 1. The largest absolute Gasteiger partial charge is 0.336 e. The summed E-state index contributed by atoms with van der Waals surface area (Å²) in [7, 11) is 1.41. The van der Waals surface area contributed by atoms with Crippen LogP contribution in [-0.4, -0.2) is 29.3 Å². The predicted octanol–water partition coefficient (Wildman–Crippen LogP) is 3.16. The van der Waals surface area contributed by atoms with E-state index in [0.717, 1.165) is 28.7 Å². The topological polar surface area (TPSA) is 73.2 Å². The minimum atomic E-state index is -1.25. The van der Waals surface area contributed by atoms with E-state index in [-0.39, 0.29) is 22.7 Å². The van der Waals surface area contributed by atoms with Gasteiger partial charge in [-0.15, -0.1) is 0 Å². The Bertz CT molecular complexity index is 1040. The van der Waals surface area contributed by atoms with E-state index >= 15 is 0 Å². The van der Waals surface area contributed by atoms with Crippen molar-refractivity contribution in [1.82, 2.24) is 10.2 Å². The maximum Gasteiger partial charge on any atom is 0.268 e. The van der Waals surface area contributed by atoms with E-state index < -0.39 is 23.1 Å². The van der Waals surface area contributed by atoms with Gasteiger partial charge in [-0.25, -0.2) is 8.78 Å². The fourth-order valence-electron chi connectivity index (χ4n) is 3.45. The molecule has 1 aliphatic rings. The number of halogens is 2. The SMILES string of the molecule is CCC1(Cc2ccccc2)NC(=O)C(=Cc2c(C#N)ccc(F)c2F)N(C)C1=O. The molecule has 0 aromatic heterocycles. The lowest BCUT2D eigenvalue weighted by Gasteiger charge is -2.41. The fourth-order valence-corrected chi connectivity index (χ4v) is 3.45. The first-order valence-corrected chi connectivity index (χ1v) is 9.07. The summed E-state index contributed by atoms with van der Waals surface area (Å²) in [4.78, 5) is 27.2. The van der Waals surface area contributed by atoms with Crippen LogP contribution in [0.15, 0.2) is 48.2 Å². The van der Waals surface area contributed by atoms with Crippen molar-refractivity contribution in [2.75, 3.05) is 7.05 Å². The van der Waals surface area contributed by atoms with Gasteiger partial charge in [0.25, 0.3) is 11.8 Å². The quantitative estimate of drug-likeness (QED) is 0.809. The molecule has 0 bridgehead atoms. The lowest BCUT2D eigenvalue weighted by molar-refractivity contribution is -0.144. The summed E-state index contributed by atoms with van der Waals surface area (Å²) in [6.07, 6.45) is 1.68. The number of benzene rings is 2. The van der Waals surface area contributed by atoms with Gasteiger partial charge in [-0.05, 0) is 30.2 Å². The smallest absolute Gasteiger partial charge is 0.268 e. The Morgan fingerprint density at radius 1 is 1.17 bits per heavy atom. The number of nitrogens with one attached hydrogen (secondary N) is 1. The molecule has 1 unspecified atom stereocenters. The van der Waals surface area contributed by atoms with Gasteiger partial charge in [0.05, 0.1) is 11.6 Å². The third-order valence-electron chi connectivity index (χ3n) is 5.15. The second kappa shape index (κ2) is 7.84. The molecule has 1 aliphatic heterocycles. The summed E-state index contributed by atoms with van der Waals surface area (Å²) in [5.74, 6) is -3.36. The van der Waals surface area contributed by atoms with Crippen LogP contribution in [0.4, 0.5) is 8.78 Å². The molecule has 0 saturated carbocycles. The molecule has 2 aromatic rings. The number of hydrogen-bond acceptors (Lipinski definition) is 3. The lowest BCUT2D eigenvalue weighted by atomic mass is 9.84. The molecular weight excluding hydrogens is 376 g/mol. The van der Waals surface area contributed by atoms with Crippen LogP contribution >= 0.6 is 0 Å². The van der Waals surface area contributed by atoms with Gasteiger partial charge in [0.15, 0.2) is 11.6 Å². The number of piperazine rings is 1. The van der Waals surface area contributed by atoms with Gasteiger partial charge < -0.3 is 10.2 Å². The Kier molecular flexibility index (Phi) is 5.46. The number of likely N-dealkylation sites (N-methyl/N-ethyl adjacent to an activating group) is 1. The highest BCUT2D eigenvalue weighted by atomic mass is 19.2. The summed E-state index contributed by atoms with van der Waals surface area (Å²) in [6, 6.07) is 13.0. The molecule has 5 nitrogen and oxygen atoms in total. The van der Waals surface area contributed by atoms with Crippen molar-refractivity contribution in [1.29, 1.82) is 5.26 Å². The van der Waals surface area contributed by atoms with E-state index in [1.54, 1.807) is 13.0 Å². The Hall–Kier alpha value is -3.53. The summed E-state index contributed by atoms with van der Waals surface area (Å²) in [6.45, 7) is 1.80. The van der Waals surface area contributed by atoms with Gasteiger partial charge in [0.1, 0.15) is 11.2 Å². The standard InChI is InChI=1S/C22H19F2N3O2/c1-3-22(12-14-7-5-4-6-8-14)21(29)27(2)18(20(28)26-22)11-16-15(13-25)9-10-17(23)19(16)24/h4-11H,3,12H2,1-2H3,(H,26,28). The van der Waals surface area contributed by atoms with Crippen molar-refractivity contribution in [3.8, 4) is 6.07 Å². The molecule has 0 radical (unpaired) electrons. The first-order chi connectivity index (χ1) is 13.8. The minimum absolute atomic E-state index is 0.137. The molecule has 1 N–H and O–H groups in total. The third-order valence-corrected chi connectivity index (χ3v) is 5.15. The Morgan fingerprint density at radius 3 is 2.48 bits per heavy atom. The molecule has 29 heavy (non-hydrogen) atoms. The van der Waals surface area contributed by atoms with Crippen molar-refractivity contribution in [2.24, 2.45) is 0 Å². The van der Waals surface area contributed by atoms with Crippen LogP contribution in [0.1, 0.15) is 30.0 Å². The van der Waals surface area contributed by atoms with E-state index in [2.05, 4.69) is 5.32 Å². The normalized spacial score (nSPS) is 20.5. The van der Waals surface area contributed by atoms with Crippen molar-refractivity contribution in [3.63, 3.8) is 0 Å². The molecule has 2 amide bonds. The van der Waals surface area contributed by atoms with Crippen LogP contribution in [0.2, 0.25) is 0 Å². The Morgan fingerprint density at radius 2 is 1.86 bits per heavy atom. The first-order valence-electron chi connectivity index (χ1n) is 9.07. The van der Waals surface area contributed by atoms with E-state index in [1.807, 2.05) is 30.3 Å². The molecule has 2 aromatic carbocycles. The van der Waals surface area contributed by atoms with Gasteiger partial charge in [0, 0.05) is 19.0 Å². The summed E-state index contributed by atoms with van der Waals surface area (Å²) < 4.78 is 27.9. The van der Waals surface area contributed by atoms with E-state index in [4.69, 9.17) is 0 Å². The minimum Gasteiger partial charge on any atom is -0.336 e. The average molecular weight is 395 g/mol. The molecule has 7 heteroatoms. The van der Waals surface area contributed by atoms with E-state index in [9.17, 15) is 23.6 Å². The number of hydrogen-bond donors (Lipinski definition) is 1.